The summed E-state index contributed by atoms with van der Waals surface area (Å²) in [5, 5.41) is 5.06. The van der Waals surface area contributed by atoms with Crippen molar-refractivity contribution in [2.24, 2.45) is 0 Å². The van der Waals surface area contributed by atoms with Crippen molar-refractivity contribution in [3.05, 3.63) is 65.2 Å². The Morgan fingerprint density at radius 2 is 1.95 bits per heavy atom. The van der Waals surface area contributed by atoms with Gasteiger partial charge in [0.2, 0.25) is 0 Å². The molecule has 0 unspecified atom stereocenters. The van der Waals surface area contributed by atoms with Crippen molar-refractivity contribution < 1.29 is 13.6 Å². The molecule has 0 spiro atoms. The molecule has 0 fully saturated rings. The average molecular weight is 290 g/mol. The highest BCUT2D eigenvalue weighted by molar-refractivity contribution is 5.89. The molecule has 2 N–H and O–H groups in total. The average Bonchev–Trinajstić information content (AvgIpc) is 2.43. The SMILES string of the molecule is Cc1ccc(F)c(NC(=O)NCCc2cccc(F)c2)c1. The zero-order chi connectivity index (χ0) is 15.2. The van der Waals surface area contributed by atoms with E-state index in [2.05, 4.69) is 10.6 Å². The lowest BCUT2D eigenvalue weighted by molar-refractivity contribution is 0.252. The van der Waals surface area contributed by atoms with Gasteiger partial charge in [-0.05, 0) is 48.7 Å². The highest BCUT2D eigenvalue weighted by Crippen LogP contribution is 2.15. The normalized spacial score (nSPS) is 10.2. The summed E-state index contributed by atoms with van der Waals surface area (Å²) in [6.45, 7) is 2.15. The number of carbonyl (C=O) groups is 1. The molecule has 0 aliphatic rings. The van der Waals surface area contributed by atoms with Gasteiger partial charge in [0.15, 0.2) is 0 Å². The molecule has 3 nitrogen and oxygen atoms in total. The number of anilines is 1. The van der Waals surface area contributed by atoms with Gasteiger partial charge in [-0.15, -0.1) is 0 Å². The van der Waals surface area contributed by atoms with Crippen molar-refractivity contribution in [3.63, 3.8) is 0 Å². The lowest BCUT2D eigenvalue weighted by atomic mass is 10.1. The van der Waals surface area contributed by atoms with E-state index in [0.717, 1.165) is 11.1 Å². The Balaban J connectivity index is 1.84. The van der Waals surface area contributed by atoms with E-state index in [-0.39, 0.29) is 11.5 Å². The molecule has 0 saturated heterocycles. The first-order chi connectivity index (χ1) is 10.0. The van der Waals surface area contributed by atoms with Gasteiger partial charge in [0.25, 0.3) is 0 Å². The molecule has 0 saturated carbocycles. The van der Waals surface area contributed by atoms with Gasteiger partial charge in [0, 0.05) is 6.54 Å². The topological polar surface area (TPSA) is 41.1 Å². The molecule has 110 valence electrons. The van der Waals surface area contributed by atoms with Crippen LogP contribution < -0.4 is 10.6 Å². The summed E-state index contributed by atoms with van der Waals surface area (Å²) >= 11 is 0. The standard InChI is InChI=1S/C16H16F2N2O/c1-11-5-6-14(18)15(9-11)20-16(21)19-8-7-12-3-2-4-13(17)10-12/h2-6,9-10H,7-8H2,1H3,(H2,19,20,21). The zero-order valence-corrected chi connectivity index (χ0v) is 11.6. The second-order valence-electron chi connectivity index (χ2n) is 4.74. The molecule has 2 aromatic carbocycles. The summed E-state index contributed by atoms with van der Waals surface area (Å²) in [4.78, 5) is 11.7. The maximum Gasteiger partial charge on any atom is 0.319 e. The first kappa shape index (κ1) is 15.0. The quantitative estimate of drug-likeness (QED) is 0.887. The summed E-state index contributed by atoms with van der Waals surface area (Å²) in [6.07, 6.45) is 0.501. The van der Waals surface area contributed by atoms with Crippen molar-refractivity contribution in [1.82, 2.24) is 5.32 Å². The molecule has 0 heterocycles. The number of halogens is 2. The Morgan fingerprint density at radius 1 is 1.14 bits per heavy atom. The van der Waals surface area contributed by atoms with Gasteiger partial charge in [-0.1, -0.05) is 18.2 Å². The number of nitrogens with one attached hydrogen (secondary N) is 2. The second kappa shape index (κ2) is 6.83. The summed E-state index contributed by atoms with van der Waals surface area (Å²) in [5.41, 5.74) is 1.78. The van der Waals surface area contributed by atoms with Crippen LogP contribution in [-0.2, 0) is 6.42 Å². The number of carbonyl (C=O) groups excluding carboxylic acids is 1. The number of benzene rings is 2. The largest absolute Gasteiger partial charge is 0.338 e. The van der Waals surface area contributed by atoms with Crippen LogP contribution in [-0.4, -0.2) is 12.6 Å². The van der Waals surface area contributed by atoms with Gasteiger partial charge in [-0.25, -0.2) is 13.6 Å². The van der Waals surface area contributed by atoms with Crippen molar-refractivity contribution in [2.75, 3.05) is 11.9 Å². The molecule has 0 atom stereocenters. The van der Waals surface area contributed by atoms with Crippen molar-refractivity contribution >= 4 is 11.7 Å². The van der Waals surface area contributed by atoms with Crippen LogP contribution >= 0.6 is 0 Å². The highest BCUT2D eigenvalue weighted by Gasteiger charge is 2.06. The lowest BCUT2D eigenvalue weighted by Crippen LogP contribution is -2.30. The van der Waals surface area contributed by atoms with E-state index in [1.54, 1.807) is 24.3 Å². The Morgan fingerprint density at radius 3 is 2.71 bits per heavy atom. The molecular weight excluding hydrogens is 274 g/mol. The van der Waals surface area contributed by atoms with Gasteiger partial charge in [0.05, 0.1) is 5.69 Å². The summed E-state index contributed by atoms with van der Waals surface area (Å²) in [5.74, 6) is -0.792. The third-order valence-electron chi connectivity index (χ3n) is 2.96. The fourth-order valence-corrected chi connectivity index (χ4v) is 1.91. The van der Waals surface area contributed by atoms with E-state index < -0.39 is 11.8 Å². The van der Waals surface area contributed by atoms with E-state index >= 15 is 0 Å². The summed E-state index contributed by atoms with van der Waals surface area (Å²) in [7, 11) is 0. The number of amides is 2. The molecule has 0 aliphatic heterocycles. The monoisotopic (exact) mass is 290 g/mol. The number of aryl methyl sites for hydroxylation is 1. The van der Waals surface area contributed by atoms with Crippen LogP contribution in [0.15, 0.2) is 42.5 Å². The third-order valence-corrected chi connectivity index (χ3v) is 2.96. The summed E-state index contributed by atoms with van der Waals surface area (Å²) < 4.78 is 26.5. The Kier molecular flexibility index (Phi) is 4.87. The van der Waals surface area contributed by atoms with E-state index in [1.165, 1.54) is 18.2 Å². The van der Waals surface area contributed by atoms with Crippen LogP contribution in [0.25, 0.3) is 0 Å². The fourth-order valence-electron chi connectivity index (χ4n) is 1.91. The molecule has 2 aromatic rings. The van der Waals surface area contributed by atoms with Gasteiger partial charge in [-0.2, -0.15) is 0 Å². The predicted molar refractivity (Wildman–Crippen MR) is 78.3 cm³/mol. The van der Waals surface area contributed by atoms with Crippen LogP contribution in [0.3, 0.4) is 0 Å². The van der Waals surface area contributed by atoms with Gasteiger partial charge in [0.1, 0.15) is 11.6 Å². The van der Waals surface area contributed by atoms with Crippen molar-refractivity contribution in [1.29, 1.82) is 0 Å². The molecule has 0 bridgehead atoms. The van der Waals surface area contributed by atoms with E-state index in [0.29, 0.717) is 13.0 Å². The zero-order valence-electron chi connectivity index (χ0n) is 11.6. The van der Waals surface area contributed by atoms with Crippen molar-refractivity contribution in [2.45, 2.75) is 13.3 Å². The fraction of sp³-hybridized carbons (Fsp3) is 0.188. The van der Waals surface area contributed by atoms with Crippen LogP contribution in [0.1, 0.15) is 11.1 Å². The van der Waals surface area contributed by atoms with E-state index in [9.17, 15) is 13.6 Å². The first-order valence-corrected chi connectivity index (χ1v) is 6.60. The number of hydrogen-bond donors (Lipinski definition) is 2. The van der Waals surface area contributed by atoms with Crippen LogP contribution in [0.5, 0.6) is 0 Å². The Hall–Kier alpha value is -2.43. The van der Waals surface area contributed by atoms with Crippen LogP contribution in [0, 0.1) is 18.6 Å². The number of rotatable bonds is 4. The van der Waals surface area contributed by atoms with Gasteiger partial charge >= 0.3 is 6.03 Å². The van der Waals surface area contributed by atoms with E-state index in [4.69, 9.17) is 0 Å². The third kappa shape index (κ3) is 4.56. The molecular formula is C16H16F2N2O. The minimum Gasteiger partial charge on any atom is -0.338 e. The van der Waals surface area contributed by atoms with Crippen LogP contribution in [0.2, 0.25) is 0 Å². The Bertz CT molecular complexity index is 644. The molecule has 0 aromatic heterocycles. The molecule has 0 aliphatic carbocycles. The highest BCUT2D eigenvalue weighted by atomic mass is 19.1. The molecule has 2 rings (SSSR count). The molecule has 5 heteroatoms. The maximum absolute atomic E-state index is 13.5. The number of urea groups is 1. The molecule has 2 amide bonds. The minimum absolute atomic E-state index is 0.137. The lowest BCUT2D eigenvalue weighted by Gasteiger charge is -2.09. The Labute approximate surface area is 122 Å². The first-order valence-electron chi connectivity index (χ1n) is 6.60. The van der Waals surface area contributed by atoms with Gasteiger partial charge < -0.3 is 10.6 Å². The van der Waals surface area contributed by atoms with Crippen LogP contribution in [0.4, 0.5) is 19.3 Å². The van der Waals surface area contributed by atoms with E-state index in [1.807, 2.05) is 6.92 Å². The molecule has 21 heavy (non-hydrogen) atoms. The predicted octanol–water partition coefficient (Wildman–Crippen LogP) is 3.64. The second-order valence-corrected chi connectivity index (χ2v) is 4.74. The smallest absolute Gasteiger partial charge is 0.319 e. The minimum atomic E-state index is -0.490. The number of hydrogen-bond acceptors (Lipinski definition) is 1. The summed E-state index contributed by atoms with van der Waals surface area (Å²) in [6, 6.07) is 10.2. The maximum atomic E-state index is 13.5. The molecule has 0 radical (unpaired) electrons. The van der Waals surface area contributed by atoms with Gasteiger partial charge in [-0.3, -0.25) is 0 Å². The van der Waals surface area contributed by atoms with Crippen molar-refractivity contribution in [3.8, 4) is 0 Å².